The Bertz CT molecular complexity index is 2040. The minimum absolute atomic E-state index is 0.0244. The Kier molecular flexibility index (Phi) is 7.20. The van der Waals surface area contributed by atoms with Crippen LogP contribution in [0.4, 0.5) is 4.39 Å². The zero-order chi connectivity index (χ0) is 33.2. The molecule has 4 unspecified atom stereocenters. The van der Waals surface area contributed by atoms with Gasteiger partial charge in [-0.2, -0.15) is 14.5 Å². The van der Waals surface area contributed by atoms with Gasteiger partial charge in [0.05, 0.1) is 34.0 Å². The molecule has 5 heterocycles. The summed E-state index contributed by atoms with van der Waals surface area (Å²) in [6, 6.07) is 9.42. The van der Waals surface area contributed by atoms with Gasteiger partial charge in [0.1, 0.15) is 12.4 Å². The molecule has 1 aliphatic heterocycles. The van der Waals surface area contributed by atoms with Gasteiger partial charge in [0.25, 0.3) is 0 Å². The molecule has 3 aliphatic rings. The minimum Gasteiger partial charge on any atom is -0.618 e. The molecule has 8 rings (SSSR count). The number of amides is 1. The average Bonchev–Trinajstić information content (AvgIpc) is 3.78. The third-order valence-electron chi connectivity index (χ3n) is 10.1. The molecule has 5 aromatic rings. The molecular formula is C33H29ClFN9O4. The lowest BCUT2D eigenvalue weighted by Gasteiger charge is -2.19. The van der Waals surface area contributed by atoms with Crippen molar-refractivity contribution < 1.29 is 23.8 Å². The third kappa shape index (κ3) is 5.25. The zero-order valence-corrected chi connectivity index (χ0v) is 26.2. The van der Waals surface area contributed by atoms with Gasteiger partial charge in [-0.1, -0.05) is 11.6 Å². The van der Waals surface area contributed by atoms with Crippen molar-refractivity contribution in [2.75, 3.05) is 13.1 Å². The van der Waals surface area contributed by atoms with Crippen LogP contribution in [0.5, 0.6) is 0 Å². The minimum atomic E-state index is -0.843. The van der Waals surface area contributed by atoms with E-state index in [1.165, 1.54) is 23.3 Å². The molecule has 13 nitrogen and oxygen atoms in total. The van der Waals surface area contributed by atoms with Crippen LogP contribution in [0.15, 0.2) is 73.7 Å². The van der Waals surface area contributed by atoms with Crippen molar-refractivity contribution in [2.24, 2.45) is 23.2 Å². The van der Waals surface area contributed by atoms with Crippen molar-refractivity contribution in [1.29, 1.82) is 0 Å². The van der Waals surface area contributed by atoms with E-state index in [-0.39, 0.29) is 45.9 Å². The Morgan fingerprint density at radius 3 is 2.62 bits per heavy atom. The summed E-state index contributed by atoms with van der Waals surface area (Å²) in [4.78, 5) is 31.3. The van der Waals surface area contributed by atoms with Gasteiger partial charge in [0.15, 0.2) is 12.0 Å². The number of carbonyl (C=O) groups excluding carboxylic acids is 1. The molecule has 244 valence electrons. The molecule has 15 heteroatoms. The highest BCUT2D eigenvalue weighted by Gasteiger charge is 2.60. The van der Waals surface area contributed by atoms with Crippen LogP contribution in [0.2, 0.25) is 5.02 Å². The van der Waals surface area contributed by atoms with Crippen LogP contribution in [0.1, 0.15) is 37.4 Å². The van der Waals surface area contributed by atoms with Crippen LogP contribution < -0.4 is 4.73 Å². The number of aromatic nitrogens is 8. The Hall–Kier alpha value is -5.24. The second-order valence-corrected chi connectivity index (χ2v) is 13.4. The van der Waals surface area contributed by atoms with E-state index in [9.17, 15) is 19.9 Å². The fraction of sp³-hybridized carbons (Fsp3) is 0.333. The molecule has 0 radical (unpaired) electrons. The SMILES string of the molecule is O=C(O)C1CN(C(=O)C2CC2CC(c2ccc(-c3c(-n4cnnn4)ccc(Cl)c3F)c[n+]2[O-])n2cc(-c3ccncc3)cn2)CC12CC2. The van der Waals surface area contributed by atoms with Gasteiger partial charge in [-0.25, -0.2) is 4.39 Å². The predicted octanol–water partition coefficient (Wildman–Crippen LogP) is 3.95. The number of rotatable bonds is 9. The van der Waals surface area contributed by atoms with Crippen LogP contribution in [0, 0.1) is 34.2 Å². The van der Waals surface area contributed by atoms with Gasteiger partial charge < -0.3 is 15.2 Å². The first-order chi connectivity index (χ1) is 23.2. The molecular weight excluding hydrogens is 641 g/mol. The Morgan fingerprint density at radius 1 is 1.12 bits per heavy atom. The van der Waals surface area contributed by atoms with Crippen LogP contribution >= 0.6 is 11.6 Å². The lowest BCUT2D eigenvalue weighted by Crippen LogP contribution is -2.36. The molecule has 4 aromatic heterocycles. The zero-order valence-electron chi connectivity index (χ0n) is 25.4. The van der Waals surface area contributed by atoms with E-state index in [2.05, 4.69) is 25.6 Å². The van der Waals surface area contributed by atoms with Crippen molar-refractivity contribution in [3.63, 3.8) is 0 Å². The van der Waals surface area contributed by atoms with E-state index in [4.69, 9.17) is 11.6 Å². The molecule has 2 saturated carbocycles. The van der Waals surface area contributed by atoms with E-state index < -0.39 is 23.7 Å². The Balaban J connectivity index is 1.11. The largest absolute Gasteiger partial charge is 0.618 e. The summed E-state index contributed by atoms with van der Waals surface area (Å²) in [6.45, 7) is 0.725. The maximum atomic E-state index is 15.5. The summed E-state index contributed by atoms with van der Waals surface area (Å²) < 4.78 is 19.2. The quantitative estimate of drug-likeness (QED) is 0.181. The molecule has 4 atom stereocenters. The monoisotopic (exact) mass is 669 g/mol. The molecule has 1 amide bonds. The number of carbonyl (C=O) groups is 2. The van der Waals surface area contributed by atoms with E-state index in [0.29, 0.717) is 35.5 Å². The van der Waals surface area contributed by atoms with Gasteiger partial charge in [0, 0.05) is 54.6 Å². The number of tetrazole rings is 1. The van der Waals surface area contributed by atoms with Crippen LogP contribution in [-0.4, -0.2) is 69.9 Å². The van der Waals surface area contributed by atoms with Crippen LogP contribution in [-0.2, 0) is 9.59 Å². The second-order valence-electron chi connectivity index (χ2n) is 12.9. The van der Waals surface area contributed by atoms with E-state index in [1.54, 1.807) is 46.4 Å². The first-order valence-corrected chi connectivity index (χ1v) is 16.0. The van der Waals surface area contributed by atoms with Crippen molar-refractivity contribution in [3.8, 4) is 27.9 Å². The van der Waals surface area contributed by atoms with Gasteiger partial charge in [-0.3, -0.25) is 19.3 Å². The molecule has 48 heavy (non-hydrogen) atoms. The molecule has 3 fully saturated rings. The molecule has 1 N–H and O–H groups in total. The Labute approximate surface area is 278 Å². The number of aliphatic carboxylic acids is 1. The Morgan fingerprint density at radius 2 is 1.94 bits per heavy atom. The van der Waals surface area contributed by atoms with Crippen molar-refractivity contribution in [2.45, 2.75) is 31.7 Å². The number of hydrogen-bond acceptors (Lipinski definition) is 8. The van der Waals surface area contributed by atoms with Gasteiger partial charge in [-0.05, 0) is 77.9 Å². The van der Waals surface area contributed by atoms with Crippen molar-refractivity contribution in [1.82, 2.24) is 39.9 Å². The number of benzene rings is 1. The molecule has 2 aliphatic carbocycles. The highest BCUT2D eigenvalue weighted by atomic mass is 35.5. The third-order valence-corrected chi connectivity index (χ3v) is 10.4. The summed E-state index contributed by atoms with van der Waals surface area (Å²) in [5, 5.41) is 39.2. The van der Waals surface area contributed by atoms with Gasteiger partial charge >= 0.3 is 5.97 Å². The summed E-state index contributed by atoms with van der Waals surface area (Å²) in [7, 11) is 0. The predicted molar refractivity (Wildman–Crippen MR) is 168 cm³/mol. The second kappa shape index (κ2) is 11.5. The summed E-state index contributed by atoms with van der Waals surface area (Å²) in [5.41, 5.74) is 2.45. The van der Waals surface area contributed by atoms with E-state index in [1.807, 2.05) is 18.3 Å². The lowest BCUT2D eigenvalue weighted by atomic mass is 9.93. The molecule has 1 spiro atoms. The molecule has 0 bridgehead atoms. The van der Waals surface area contributed by atoms with E-state index in [0.717, 1.165) is 24.0 Å². The smallest absolute Gasteiger partial charge is 0.308 e. The van der Waals surface area contributed by atoms with Gasteiger partial charge in [-0.15, -0.1) is 5.10 Å². The average molecular weight is 670 g/mol. The summed E-state index contributed by atoms with van der Waals surface area (Å²) >= 11 is 6.15. The van der Waals surface area contributed by atoms with Crippen LogP contribution in [0.25, 0.3) is 27.9 Å². The number of pyridine rings is 2. The fourth-order valence-electron chi connectivity index (χ4n) is 7.22. The highest BCUT2D eigenvalue weighted by molar-refractivity contribution is 6.31. The van der Waals surface area contributed by atoms with Gasteiger partial charge in [0.2, 0.25) is 11.6 Å². The summed E-state index contributed by atoms with van der Waals surface area (Å²) in [5.74, 6) is -2.40. The normalized spacial score (nSPS) is 21.4. The summed E-state index contributed by atoms with van der Waals surface area (Å²) in [6.07, 6.45) is 12.3. The maximum absolute atomic E-state index is 15.5. The topological polar surface area (TPSA) is 159 Å². The number of nitrogens with zero attached hydrogens (tertiary/aromatic N) is 9. The number of carboxylic acid groups (broad SMARTS) is 1. The number of likely N-dealkylation sites (tertiary alicyclic amines) is 1. The van der Waals surface area contributed by atoms with Crippen molar-refractivity contribution in [3.05, 3.63) is 95.5 Å². The lowest BCUT2D eigenvalue weighted by molar-refractivity contribution is -0.615. The van der Waals surface area contributed by atoms with Crippen LogP contribution in [0.3, 0.4) is 0 Å². The number of halogens is 2. The maximum Gasteiger partial charge on any atom is 0.308 e. The molecule has 1 saturated heterocycles. The van der Waals surface area contributed by atoms with Crippen molar-refractivity contribution >= 4 is 23.5 Å². The fourth-order valence-corrected chi connectivity index (χ4v) is 7.38. The first-order valence-electron chi connectivity index (χ1n) is 15.6. The molecule has 1 aromatic carbocycles. The first kappa shape index (κ1) is 30.1. The highest BCUT2D eigenvalue weighted by Crippen LogP contribution is 2.57. The number of carboxylic acids is 1. The standard InChI is InChI=1S/C33H29ClFN9O4/c34-25-2-4-27(43-18-37-39-40-43)29(30(25)35)20-1-3-26(44(48)15-20)28(42-14-22(13-38-42)19-5-9-36-10-6-19)12-21-11-23(21)31(45)41-16-24(32(46)47)33(17-41)7-8-33/h1-6,9-10,13-15,18,21,23-24,28H,7-8,11-12,16-17H2,(H,46,47). The van der Waals surface area contributed by atoms with E-state index >= 15 is 4.39 Å². The number of hydrogen-bond donors (Lipinski definition) is 1.